The van der Waals surface area contributed by atoms with Crippen molar-refractivity contribution in [2.45, 2.75) is 44.7 Å². The number of rotatable bonds is 3. The number of nitrogens with one attached hydrogen (secondary N) is 1. The van der Waals surface area contributed by atoms with E-state index in [1.165, 1.54) is 16.4 Å². The Hall–Kier alpha value is -1.51. The second kappa shape index (κ2) is 5.94. The number of piperazine rings is 1. The average Bonchev–Trinajstić information content (AvgIpc) is 2.43. The standard InChI is InChI=1S/C14H21N3O4S/c1-9-5-13(17(18)19)14(6-10(9)2)22(20,21)16-8-11(3)15-7-12(16)4/h5-6,11-12,15H,7-8H2,1-4H3. The molecule has 0 aromatic heterocycles. The molecule has 1 aromatic rings. The molecule has 2 unspecified atom stereocenters. The Morgan fingerprint density at radius 1 is 1.27 bits per heavy atom. The molecule has 2 atom stereocenters. The summed E-state index contributed by atoms with van der Waals surface area (Å²) in [5.74, 6) is 0. The second-order valence-corrected chi connectivity index (χ2v) is 7.75. The van der Waals surface area contributed by atoms with Crippen LogP contribution in [0.2, 0.25) is 0 Å². The van der Waals surface area contributed by atoms with E-state index in [2.05, 4.69) is 5.32 Å². The molecule has 0 amide bonds. The van der Waals surface area contributed by atoms with Crippen molar-refractivity contribution < 1.29 is 13.3 Å². The lowest BCUT2D eigenvalue weighted by atomic mass is 10.1. The van der Waals surface area contributed by atoms with Gasteiger partial charge in [0.25, 0.3) is 5.69 Å². The molecule has 1 aliphatic rings. The Kier molecular flexibility index (Phi) is 4.55. The lowest BCUT2D eigenvalue weighted by Gasteiger charge is -2.36. The molecule has 2 rings (SSSR count). The van der Waals surface area contributed by atoms with Crippen molar-refractivity contribution in [3.8, 4) is 0 Å². The molecule has 1 aromatic carbocycles. The Morgan fingerprint density at radius 3 is 2.45 bits per heavy atom. The smallest absolute Gasteiger partial charge is 0.289 e. The first-order chi connectivity index (χ1) is 10.1. The fraction of sp³-hybridized carbons (Fsp3) is 0.571. The van der Waals surface area contributed by atoms with Gasteiger partial charge in [0.15, 0.2) is 4.90 Å². The van der Waals surface area contributed by atoms with Crippen LogP contribution in [0.25, 0.3) is 0 Å². The SMILES string of the molecule is Cc1cc([N+](=O)[O-])c(S(=O)(=O)N2CC(C)NCC2C)cc1C. The number of nitrogens with zero attached hydrogens (tertiary/aromatic N) is 2. The Bertz CT molecular complexity index is 702. The normalized spacial score (nSPS) is 23.5. The van der Waals surface area contributed by atoms with Crippen molar-refractivity contribution in [3.63, 3.8) is 0 Å². The fourth-order valence-electron chi connectivity index (χ4n) is 2.57. The summed E-state index contributed by atoms with van der Waals surface area (Å²) >= 11 is 0. The Morgan fingerprint density at radius 2 is 1.86 bits per heavy atom. The van der Waals surface area contributed by atoms with Crippen LogP contribution in [0.3, 0.4) is 0 Å². The maximum Gasteiger partial charge on any atom is 0.289 e. The third-order valence-electron chi connectivity index (χ3n) is 4.07. The largest absolute Gasteiger partial charge is 0.311 e. The monoisotopic (exact) mass is 327 g/mol. The summed E-state index contributed by atoms with van der Waals surface area (Å²) in [6.07, 6.45) is 0. The Balaban J connectivity index is 2.58. The summed E-state index contributed by atoms with van der Waals surface area (Å²) < 4.78 is 27.2. The van der Waals surface area contributed by atoms with Crippen molar-refractivity contribution in [1.29, 1.82) is 0 Å². The first-order valence-electron chi connectivity index (χ1n) is 7.15. The van der Waals surface area contributed by atoms with E-state index in [0.29, 0.717) is 18.7 Å². The van der Waals surface area contributed by atoms with Gasteiger partial charge < -0.3 is 5.32 Å². The van der Waals surface area contributed by atoms with Crippen LogP contribution in [0.5, 0.6) is 0 Å². The van der Waals surface area contributed by atoms with Gasteiger partial charge >= 0.3 is 0 Å². The molecular weight excluding hydrogens is 306 g/mol. The van der Waals surface area contributed by atoms with Gasteiger partial charge in [-0.1, -0.05) is 0 Å². The van der Waals surface area contributed by atoms with Gasteiger partial charge in [-0.3, -0.25) is 10.1 Å². The van der Waals surface area contributed by atoms with E-state index in [1.807, 2.05) is 6.92 Å². The van der Waals surface area contributed by atoms with Crippen LogP contribution in [0.15, 0.2) is 17.0 Å². The van der Waals surface area contributed by atoms with Crippen LogP contribution in [0.1, 0.15) is 25.0 Å². The van der Waals surface area contributed by atoms with Gasteiger partial charge in [-0.15, -0.1) is 0 Å². The zero-order valence-corrected chi connectivity index (χ0v) is 14.0. The molecule has 1 aliphatic heterocycles. The summed E-state index contributed by atoms with van der Waals surface area (Å²) in [6, 6.07) is 2.50. The maximum atomic E-state index is 12.9. The number of aryl methyl sites for hydroxylation is 2. The minimum Gasteiger partial charge on any atom is -0.311 e. The summed E-state index contributed by atoms with van der Waals surface area (Å²) in [5.41, 5.74) is 1.06. The second-order valence-electron chi connectivity index (χ2n) is 5.89. The number of benzene rings is 1. The van der Waals surface area contributed by atoms with Crippen LogP contribution in [0, 0.1) is 24.0 Å². The van der Waals surface area contributed by atoms with E-state index in [9.17, 15) is 18.5 Å². The fourth-order valence-corrected chi connectivity index (χ4v) is 4.52. The number of sulfonamides is 1. The molecule has 1 N–H and O–H groups in total. The third kappa shape index (κ3) is 2.99. The minimum atomic E-state index is -3.91. The van der Waals surface area contributed by atoms with Crippen LogP contribution in [0.4, 0.5) is 5.69 Å². The predicted octanol–water partition coefficient (Wildman–Crippen LogP) is 1.58. The summed E-state index contributed by atoms with van der Waals surface area (Å²) in [4.78, 5) is 10.4. The van der Waals surface area contributed by atoms with Crippen molar-refractivity contribution in [3.05, 3.63) is 33.4 Å². The highest BCUT2D eigenvalue weighted by Crippen LogP contribution is 2.31. The first kappa shape index (κ1) is 16.9. The van der Waals surface area contributed by atoms with E-state index in [4.69, 9.17) is 0 Å². The van der Waals surface area contributed by atoms with Gasteiger partial charge in [0.05, 0.1) is 4.92 Å². The van der Waals surface area contributed by atoms with E-state index < -0.39 is 14.9 Å². The molecular formula is C14H21N3O4S. The molecule has 7 nitrogen and oxygen atoms in total. The molecule has 0 spiro atoms. The van der Waals surface area contributed by atoms with Crippen LogP contribution in [-0.2, 0) is 10.0 Å². The highest BCUT2D eigenvalue weighted by atomic mass is 32.2. The van der Waals surface area contributed by atoms with Crippen LogP contribution < -0.4 is 5.32 Å². The first-order valence-corrected chi connectivity index (χ1v) is 8.59. The molecule has 122 valence electrons. The molecule has 8 heteroatoms. The van der Waals surface area contributed by atoms with Crippen LogP contribution in [-0.4, -0.2) is 42.8 Å². The van der Waals surface area contributed by atoms with E-state index in [1.54, 1.807) is 20.8 Å². The number of nitro groups is 1. The summed E-state index contributed by atoms with van der Waals surface area (Å²) in [7, 11) is -3.91. The number of nitro benzene ring substituents is 1. The van der Waals surface area contributed by atoms with E-state index in [-0.39, 0.29) is 22.7 Å². The molecule has 0 aliphatic carbocycles. The highest BCUT2D eigenvalue weighted by Gasteiger charge is 2.37. The predicted molar refractivity (Wildman–Crippen MR) is 83.4 cm³/mol. The Labute approximate surface area is 130 Å². The summed E-state index contributed by atoms with van der Waals surface area (Å²) in [6.45, 7) is 8.00. The number of hydrogen-bond acceptors (Lipinski definition) is 5. The van der Waals surface area contributed by atoms with Gasteiger partial charge in [0, 0.05) is 31.2 Å². The quantitative estimate of drug-likeness (QED) is 0.672. The molecule has 0 saturated carbocycles. The van der Waals surface area contributed by atoms with Gasteiger partial charge in [0.2, 0.25) is 10.0 Å². The van der Waals surface area contributed by atoms with Crippen molar-refractivity contribution in [2.24, 2.45) is 0 Å². The van der Waals surface area contributed by atoms with Gasteiger partial charge in [-0.2, -0.15) is 4.31 Å². The third-order valence-corrected chi connectivity index (χ3v) is 6.07. The van der Waals surface area contributed by atoms with Crippen molar-refractivity contribution >= 4 is 15.7 Å². The van der Waals surface area contributed by atoms with Gasteiger partial charge in [-0.25, -0.2) is 8.42 Å². The van der Waals surface area contributed by atoms with Gasteiger partial charge in [0.1, 0.15) is 0 Å². The minimum absolute atomic E-state index is 0.0107. The molecule has 1 heterocycles. The topological polar surface area (TPSA) is 92.5 Å². The molecule has 1 fully saturated rings. The van der Waals surface area contributed by atoms with Crippen LogP contribution >= 0.6 is 0 Å². The van der Waals surface area contributed by atoms with Crippen molar-refractivity contribution in [1.82, 2.24) is 9.62 Å². The summed E-state index contributed by atoms with van der Waals surface area (Å²) in [5, 5.41) is 14.5. The molecule has 1 saturated heterocycles. The van der Waals surface area contributed by atoms with Crippen molar-refractivity contribution in [2.75, 3.05) is 13.1 Å². The van der Waals surface area contributed by atoms with Gasteiger partial charge in [-0.05, 0) is 44.9 Å². The lowest BCUT2D eigenvalue weighted by molar-refractivity contribution is -0.387. The molecule has 0 bridgehead atoms. The van der Waals surface area contributed by atoms with E-state index >= 15 is 0 Å². The van der Waals surface area contributed by atoms with E-state index in [0.717, 1.165) is 5.56 Å². The zero-order valence-electron chi connectivity index (χ0n) is 13.2. The maximum absolute atomic E-state index is 12.9. The highest BCUT2D eigenvalue weighted by molar-refractivity contribution is 7.89. The zero-order chi connectivity index (χ0) is 16.7. The number of hydrogen-bond donors (Lipinski definition) is 1. The molecule has 0 radical (unpaired) electrons. The lowest BCUT2D eigenvalue weighted by Crippen LogP contribution is -2.56. The molecule has 22 heavy (non-hydrogen) atoms. The average molecular weight is 327 g/mol.